The summed E-state index contributed by atoms with van der Waals surface area (Å²) < 4.78 is 33.8. The van der Waals surface area contributed by atoms with Crippen molar-refractivity contribution in [2.24, 2.45) is 17.8 Å². The van der Waals surface area contributed by atoms with E-state index in [0.29, 0.717) is 18.1 Å². The third-order valence-electron chi connectivity index (χ3n) is 6.86. The van der Waals surface area contributed by atoms with Crippen LogP contribution in [0.2, 0.25) is 0 Å². The van der Waals surface area contributed by atoms with Gasteiger partial charge in [0.25, 0.3) is 0 Å². The van der Waals surface area contributed by atoms with E-state index in [1.807, 2.05) is 0 Å². The van der Waals surface area contributed by atoms with E-state index in [2.05, 4.69) is 13.0 Å². The molecule has 0 N–H and O–H groups in total. The topological polar surface area (TPSA) is 9.23 Å². The van der Waals surface area contributed by atoms with Crippen LogP contribution in [0.3, 0.4) is 0 Å². The van der Waals surface area contributed by atoms with Crippen molar-refractivity contribution in [3.8, 4) is 5.75 Å². The van der Waals surface area contributed by atoms with E-state index < -0.39 is 11.6 Å². The molecule has 0 aromatic heterocycles. The second-order valence-corrected chi connectivity index (χ2v) is 8.79. The quantitative estimate of drug-likeness (QED) is 0.438. The van der Waals surface area contributed by atoms with E-state index in [4.69, 9.17) is 4.74 Å². The molecular formula is C25H36F2O. The summed E-state index contributed by atoms with van der Waals surface area (Å²) in [5.41, 5.74) is 1.37. The highest BCUT2D eigenvalue weighted by Gasteiger charge is 2.24. The van der Waals surface area contributed by atoms with Gasteiger partial charge in [-0.1, -0.05) is 57.9 Å². The van der Waals surface area contributed by atoms with Crippen molar-refractivity contribution in [1.82, 2.24) is 0 Å². The van der Waals surface area contributed by atoms with Crippen LogP contribution in [-0.4, -0.2) is 6.61 Å². The lowest BCUT2D eigenvalue weighted by atomic mass is 9.76. The fourth-order valence-corrected chi connectivity index (χ4v) is 5.13. The Hall–Kier alpha value is -1.38. The Morgan fingerprint density at radius 1 is 0.857 bits per heavy atom. The molecule has 0 saturated heterocycles. The molecule has 2 aliphatic rings. The highest BCUT2D eigenvalue weighted by molar-refractivity contribution is 5.67. The average Bonchev–Trinajstić information content (AvgIpc) is 2.72. The zero-order valence-corrected chi connectivity index (χ0v) is 17.6. The summed E-state index contributed by atoms with van der Waals surface area (Å²) in [5, 5.41) is 0. The number of hydrogen-bond acceptors (Lipinski definition) is 1. The summed E-state index contributed by atoms with van der Waals surface area (Å²) in [6, 6.07) is 3.23. The maximum absolute atomic E-state index is 14.4. The molecule has 0 heterocycles. The van der Waals surface area contributed by atoms with Gasteiger partial charge in [-0.05, 0) is 68.1 Å². The maximum Gasteiger partial charge on any atom is 0.201 e. The Morgan fingerprint density at radius 2 is 1.54 bits per heavy atom. The van der Waals surface area contributed by atoms with Gasteiger partial charge >= 0.3 is 0 Å². The first-order chi connectivity index (χ1) is 13.6. The molecule has 0 bridgehead atoms. The van der Waals surface area contributed by atoms with Gasteiger partial charge in [0.15, 0.2) is 11.6 Å². The summed E-state index contributed by atoms with van der Waals surface area (Å²) in [6.07, 6.45) is 16.1. The second kappa shape index (κ2) is 10.4. The molecule has 1 unspecified atom stereocenters. The number of rotatable bonds is 8. The van der Waals surface area contributed by atoms with Crippen LogP contribution in [0.5, 0.6) is 5.75 Å². The molecular weight excluding hydrogens is 354 g/mol. The van der Waals surface area contributed by atoms with Gasteiger partial charge in [0.1, 0.15) is 0 Å². The minimum atomic E-state index is -0.860. The smallest absolute Gasteiger partial charge is 0.201 e. The third kappa shape index (κ3) is 5.36. The molecule has 0 aliphatic heterocycles. The van der Waals surface area contributed by atoms with Crippen molar-refractivity contribution in [1.29, 1.82) is 0 Å². The second-order valence-electron chi connectivity index (χ2n) is 8.79. The van der Waals surface area contributed by atoms with E-state index >= 15 is 0 Å². The summed E-state index contributed by atoms with van der Waals surface area (Å²) in [4.78, 5) is 0. The summed E-state index contributed by atoms with van der Waals surface area (Å²) >= 11 is 0. The number of benzene rings is 1. The Balaban J connectivity index is 1.49. The van der Waals surface area contributed by atoms with Crippen LogP contribution in [0.4, 0.5) is 8.78 Å². The van der Waals surface area contributed by atoms with Gasteiger partial charge in [0.05, 0.1) is 6.61 Å². The molecule has 3 heteroatoms. The molecule has 1 atom stereocenters. The number of ether oxygens (including phenoxy) is 1. The van der Waals surface area contributed by atoms with E-state index in [1.165, 1.54) is 51.4 Å². The molecule has 156 valence electrons. The zero-order valence-electron chi connectivity index (χ0n) is 17.6. The molecule has 0 spiro atoms. The fraction of sp³-hybridized carbons (Fsp3) is 0.680. The van der Waals surface area contributed by atoms with Gasteiger partial charge in [0, 0.05) is 5.56 Å². The number of hydrogen-bond donors (Lipinski definition) is 0. The monoisotopic (exact) mass is 390 g/mol. The van der Waals surface area contributed by atoms with Gasteiger partial charge in [-0.15, -0.1) is 0 Å². The Bertz CT molecular complexity index is 659. The first-order valence-corrected chi connectivity index (χ1v) is 11.4. The van der Waals surface area contributed by atoms with Crippen molar-refractivity contribution in [2.45, 2.75) is 84.5 Å². The van der Waals surface area contributed by atoms with Gasteiger partial charge in [-0.25, -0.2) is 4.39 Å². The standard InChI is InChI=1S/C25H36F2O/c1-3-5-18-6-8-19(9-7-18)10-11-20-12-14-21(15-13-20)22-16-17-23(28-4-2)25(27)24(22)26/h14,16-20H,3-13,15H2,1-2H3. The van der Waals surface area contributed by atoms with Crippen LogP contribution in [0.25, 0.3) is 5.57 Å². The van der Waals surface area contributed by atoms with Gasteiger partial charge in [-0.3, -0.25) is 0 Å². The average molecular weight is 391 g/mol. The van der Waals surface area contributed by atoms with Crippen molar-refractivity contribution >= 4 is 5.57 Å². The highest BCUT2D eigenvalue weighted by atomic mass is 19.2. The minimum Gasteiger partial charge on any atom is -0.491 e. The van der Waals surface area contributed by atoms with Crippen LogP contribution in [0, 0.1) is 29.4 Å². The largest absolute Gasteiger partial charge is 0.491 e. The van der Waals surface area contributed by atoms with Crippen LogP contribution in [-0.2, 0) is 0 Å². The first kappa shape index (κ1) is 21.3. The lowest BCUT2D eigenvalue weighted by molar-refractivity contribution is 0.237. The Labute approximate surface area is 169 Å². The highest BCUT2D eigenvalue weighted by Crippen LogP contribution is 2.38. The molecule has 1 aromatic carbocycles. The van der Waals surface area contributed by atoms with Crippen molar-refractivity contribution in [3.05, 3.63) is 35.4 Å². The molecule has 1 aromatic rings. The summed E-state index contributed by atoms with van der Waals surface area (Å²) in [5.74, 6) is 0.974. The van der Waals surface area contributed by atoms with Crippen LogP contribution >= 0.6 is 0 Å². The van der Waals surface area contributed by atoms with Crippen LogP contribution in [0.1, 0.15) is 90.0 Å². The lowest BCUT2D eigenvalue weighted by Gasteiger charge is -2.30. The van der Waals surface area contributed by atoms with E-state index in [-0.39, 0.29) is 5.75 Å². The van der Waals surface area contributed by atoms with Crippen LogP contribution < -0.4 is 4.74 Å². The van der Waals surface area contributed by atoms with Gasteiger partial charge in [-0.2, -0.15) is 4.39 Å². The first-order valence-electron chi connectivity index (χ1n) is 11.4. The number of halogens is 2. The van der Waals surface area contributed by atoms with Gasteiger partial charge < -0.3 is 4.74 Å². The fourth-order valence-electron chi connectivity index (χ4n) is 5.13. The van der Waals surface area contributed by atoms with E-state index in [9.17, 15) is 8.78 Å². The SMILES string of the molecule is CCCC1CCC(CCC2CC=C(c3ccc(OCC)c(F)c3F)CC2)CC1. The summed E-state index contributed by atoms with van der Waals surface area (Å²) in [7, 11) is 0. The van der Waals surface area contributed by atoms with Crippen molar-refractivity contribution < 1.29 is 13.5 Å². The predicted molar refractivity (Wildman–Crippen MR) is 112 cm³/mol. The lowest BCUT2D eigenvalue weighted by Crippen LogP contribution is -2.16. The molecule has 1 saturated carbocycles. The summed E-state index contributed by atoms with van der Waals surface area (Å²) in [6.45, 7) is 4.40. The van der Waals surface area contributed by atoms with Crippen molar-refractivity contribution in [3.63, 3.8) is 0 Å². The molecule has 0 amide bonds. The predicted octanol–water partition coefficient (Wildman–Crippen LogP) is 7.93. The molecule has 2 aliphatic carbocycles. The van der Waals surface area contributed by atoms with E-state index in [1.54, 1.807) is 19.1 Å². The molecule has 0 radical (unpaired) electrons. The molecule has 28 heavy (non-hydrogen) atoms. The maximum atomic E-state index is 14.4. The zero-order chi connectivity index (χ0) is 19.9. The molecule has 1 nitrogen and oxygen atoms in total. The van der Waals surface area contributed by atoms with E-state index in [0.717, 1.165) is 36.7 Å². The normalized spacial score (nSPS) is 25.4. The van der Waals surface area contributed by atoms with Gasteiger partial charge in [0.2, 0.25) is 5.82 Å². The Kier molecular flexibility index (Phi) is 7.93. The van der Waals surface area contributed by atoms with Crippen LogP contribution in [0.15, 0.2) is 18.2 Å². The third-order valence-corrected chi connectivity index (χ3v) is 6.86. The van der Waals surface area contributed by atoms with Crippen molar-refractivity contribution in [2.75, 3.05) is 6.61 Å². The molecule has 3 rings (SSSR count). The molecule has 1 fully saturated rings. The number of allylic oxidation sites excluding steroid dienone is 2. The minimum absolute atomic E-state index is 0.00620. The Morgan fingerprint density at radius 3 is 2.14 bits per heavy atom.